The molecular weight excluding hydrogens is 369 g/mol. The van der Waals surface area contributed by atoms with Crippen molar-refractivity contribution in [1.29, 1.82) is 0 Å². The van der Waals surface area contributed by atoms with E-state index in [2.05, 4.69) is 5.10 Å². The lowest BCUT2D eigenvalue weighted by molar-refractivity contribution is -0.0438. The minimum absolute atomic E-state index is 0.115. The first kappa shape index (κ1) is 18.8. The van der Waals surface area contributed by atoms with Gasteiger partial charge in [-0.1, -0.05) is 11.6 Å². The van der Waals surface area contributed by atoms with Gasteiger partial charge in [0, 0.05) is 23.7 Å². The van der Waals surface area contributed by atoms with Gasteiger partial charge in [-0.25, -0.2) is 5.84 Å². The monoisotopic (exact) mass is 384 g/mol. The number of sulfonamides is 1. The molecule has 134 valence electrons. The van der Waals surface area contributed by atoms with Crippen molar-refractivity contribution in [3.63, 3.8) is 0 Å². The Hall–Kier alpha value is -1.52. The summed E-state index contributed by atoms with van der Waals surface area (Å²) in [5.74, 6) is 5.27. The van der Waals surface area contributed by atoms with Crippen molar-refractivity contribution in [1.82, 2.24) is 5.01 Å². The van der Waals surface area contributed by atoms with E-state index in [0.717, 1.165) is 32.0 Å². The lowest BCUT2D eigenvalue weighted by atomic mass is 10.1. The van der Waals surface area contributed by atoms with E-state index < -0.39 is 15.5 Å². The molecule has 0 saturated carbocycles. The van der Waals surface area contributed by atoms with Crippen LogP contribution in [-0.2, 0) is 10.0 Å². The lowest BCUT2D eigenvalue weighted by Gasteiger charge is -2.23. The number of nitrogens with two attached hydrogens (primary N) is 1. The van der Waals surface area contributed by atoms with Crippen molar-refractivity contribution < 1.29 is 21.6 Å². The number of hydrazine groups is 1. The number of halogens is 4. The summed E-state index contributed by atoms with van der Waals surface area (Å²) in [5.41, 5.74) is -5.43. The van der Waals surface area contributed by atoms with E-state index in [1.165, 1.54) is 12.1 Å². The first-order valence-electron chi connectivity index (χ1n) is 7.00. The molecular formula is C13H16ClF3N4O2S. The number of rotatable bonds is 4. The second-order valence-corrected chi connectivity index (χ2v) is 7.50. The predicted molar refractivity (Wildman–Crippen MR) is 86.1 cm³/mol. The predicted octanol–water partition coefficient (Wildman–Crippen LogP) is 2.69. The number of hydrazone groups is 1. The molecule has 0 unspecified atom stereocenters. The van der Waals surface area contributed by atoms with E-state index in [1.807, 2.05) is 0 Å². The lowest BCUT2D eigenvalue weighted by Crippen LogP contribution is -2.46. The number of hydrogen-bond donors (Lipinski definition) is 1. The van der Waals surface area contributed by atoms with Gasteiger partial charge in [-0.2, -0.15) is 31.1 Å². The summed E-state index contributed by atoms with van der Waals surface area (Å²) < 4.78 is 61.0. The first-order chi connectivity index (χ1) is 11.0. The Balaban J connectivity index is 2.48. The second kappa shape index (κ2) is 6.77. The fraction of sp³-hybridized carbons (Fsp3) is 0.462. The Morgan fingerprint density at radius 2 is 1.92 bits per heavy atom. The molecule has 0 spiro atoms. The SMILES string of the molecule is C/C(=N\N1CCCC1)c1cc(Cl)ccc1N(N)S(=O)(=O)C(F)(F)F. The molecule has 1 aliphatic rings. The van der Waals surface area contributed by atoms with Crippen molar-refractivity contribution in [2.75, 3.05) is 17.5 Å². The van der Waals surface area contributed by atoms with Crippen LogP contribution in [0.15, 0.2) is 23.3 Å². The fourth-order valence-electron chi connectivity index (χ4n) is 2.30. The fourth-order valence-corrected chi connectivity index (χ4v) is 3.11. The van der Waals surface area contributed by atoms with Gasteiger partial charge in [0.1, 0.15) is 0 Å². The average Bonchev–Trinajstić information content (AvgIpc) is 2.98. The maximum absolute atomic E-state index is 12.7. The number of nitrogens with zero attached hydrogens (tertiary/aromatic N) is 3. The Labute approximate surface area is 142 Å². The topological polar surface area (TPSA) is 79.0 Å². The molecule has 1 heterocycles. The molecule has 0 aromatic heterocycles. The van der Waals surface area contributed by atoms with Gasteiger partial charge in [-0.05, 0) is 38.0 Å². The maximum Gasteiger partial charge on any atom is 0.518 e. The van der Waals surface area contributed by atoms with Crippen molar-refractivity contribution in [2.24, 2.45) is 10.9 Å². The molecule has 1 aromatic rings. The second-order valence-electron chi connectivity index (χ2n) is 5.25. The summed E-state index contributed by atoms with van der Waals surface area (Å²) in [6, 6.07) is 3.71. The molecule has 2 rings (SSSR count). The van der Waals surface area contributed by atoms with Crippen molar-refractivity contribution in [3.8, 4) is 0 Å². The van der Waals surface area contributed by atoms with Crippen LogP contribution in [0.5, 0.6) is 0 Å². The number of hydrogen-bond acceptors (Lipinski definition) is 5. The van der Waals surface area contributed by atoms with Crippen LogP contribution in [0.2, 0.25) is 5.02 Å². The highest BCUT2D eigenvalue weighted by atomic mass is 35.5. The van der Waals surface area contributed by atoms with E-state index >= 15 is 0 Å². The van der Waals surface area contributed by atoms with E-state index in [-0.39, 0.29) is 20.7 Å². The Morgan fingerprint density at radius 3 is 2.46 bits per heavy atom. The maximum atomic E-state index is 12.7. The molecule has 1 aromatic carbocycles. The van der Waals surface area contributed by atoms with Gasteiger partial charge in [0.2, 0.25) is 0 Å². The van der Waals surface area contributed by atoms with Gasteiger partial charge in [0.05, 0.1) is 11.4 Å². The molecule has 1 saturated heterocycles. The zero-order chi connectivity index (χ0) is 18.1. The molecule has 11 heteroatoms. The highest BCUT2D eigenvalue weighted by Crippen LogP contribution is 2.32. The van der Waals surface area contributed by atoms with Gasteiger partial charge >= 0.3 is 15.5 Å². The summed E-state index contributed by atoms with van der Waals surface area (Å²) in [6.45, 7) is 3.00. The standard InChI is InChI=1S/C13H16ClF3N4O2S/c1-9(19-20-6-2-3-7-20)11-8-10(14)4-5-12(11)21(18)24(22,23)13(15,16)17/h4-5,8H,2-3,6-7,18H2,1H3/b19-9+. The molecule has 0 radical (unpaired) electrons. The van der Waals surface area contributed by atoms with Gasteiger partial charge < -0.3 is 0 Å². The molecule has 0 amide bonds. The Bertz CT molecular complexity index is 746. The molecule has 24 heavy (non-hydrogen) atoms. The quantitative estimate of drug-likeness (QED) is 0.492. The Morgan fingerprint density at radius 1 is 1.33 bits per heavy atom. The van der Waals surface area contributed by atoms with Crippen molar-refractivity contribution >= 4 is 33.0 Å². The van der Waals surface area contributed by atoms with Crippen LogP contribution in [-0.4, -0.2) is 37.7 Å². The van der Waals surface area contributed by atoms with Crippen LogP contribution in [0.3, 0.4) is 0 Å². The van der Waals surface area contributed by atoms with Gasteiger partial charge in [0.25, 0.3) is 0 Å². The van der Waals surface area contributed by atoms with E-state index in [1.54, 1.807) is 11.9 Å². The molecule has 1 aliphatic heterocycles. The van der Waals surface area contributed by atoms with E-state index in [4.69, 9.17) is 17.4 Å². The first-order valence-corrected chi connectivity index (χ1v) is 8.82. The summed E-state index contributed by atoms with van der Waals surface area (Å²) in [5, 5.41) is 6.30. The zero-order valence-corrected chi connectivity index (χ0v) is 14.3. The van der Waals surface area contributed by atoms with Crippen LogP contribution >= 0.6 is 11.6 Å². The van der Waals surface area contributed by atoms with Gasteiger partial charge in [-0.15, -0.1) is 0 Å². The molecule has 0 aliphatic carbocycles. The van der Waals surface area contributed by atoms with Gasteiger partial charge in [0.15, 0.2) is 0 Å². The molecule has 0 bridgehead atoms. The summed E-state index contributed by atoms with van der Waals surface area (Å²) in [6.07, 6.45) is 1.93. The summed E-state index contributed by atoms with van der Waals surface area (Å²) >= 11 is 5.89. The third-order valence-corrected chi connectivity index (χ3v) is 5.05. The number of benzene rings is 1. The summed E-state index contributed by atoms with van der Waals surface area (Å²) in [4.78, 5) is 0. The van der Waals surface area contributed by atoms with E-state index in [0.29, 0.717) is 5.71 Å². The average molecular weight is 385 g/mol. The van der Waals surface area contributed by atoms with Crippen LogP contribution in [0.25, 0.3) is 0 Å². The van der Waals surface area contributed by atoms with Crippen LogP contribution in [0.1, 0.15) is 25.3 Å². The molecule has 6 nitrogen and oxygen atoms in total. The normalized spacial score (nSPS) is 16.6. The highest BCUT2D eigenvalue weighted by molar-refractivity contribution is 7.93. The minimum Gasteiger partial charge on any atom is -0.297 e. The molecule has 2 N–H and O–H groups in total. The van der Waals surface area contributed by atoms with E-state index in [9.17, 15) is 21.6 Å². The van der Waals surface area contributed by atoms with Crippen LogP contribution in [0.4, 0.5) is 18.9 Å². The van der Waals surface area contributed by atoms with Gasteiger partial charge in [-0.3, -0.25) is 5.01 Å². The largest absolute Gasteiger partial charge is 0.518 e. The number of anilines is 1. The van der Waals surface area contributed by atoms with Crippen molar-refractivity contribution in [3.05, 3.63) is 28.8 Å². The number of alkyl halides is 3. The Kier molecular flexibility index (Phi) is 5.31. The van der Waals surface area contributed by atoms with Crippen LogP contribution < -0.4 is 10.3 Å². The summed E-state index contributed by atoms with van der Waals surface area (Å²) in [7, 11) is -5.73. The molecule has 0 atom stereocenters. The van der Waals surface area contributed by atoms with Crippen LogP contribution in [0, 0.1) is 0 Å². The van der Waals surface area contributed by atoms with Crippen molar-refractivity contribution in [2.45, 2.75) is 25.3 Å². The smallest absolute Gasteiger partial charge is 0.297 e. The zero-order valence-electron chi connectivity index (χ0n) is 12.7. The highest BCUT2D eigenvalue weighted by Gasteiger charge is 2.50. The molecule has 1 fully saturated rings. The minimum atomic E-state index is -5.73. The third-order valence-electron chi connectivity index (χ3n) is 3.51. The third kappa shape index (κ3) is 3.76.